The molecule has 0 saturated carbocycles. The normalized spacial score (nSPS) is 10.7. The van der Waals surface area contributed by atoms with Crippen molar-refractivity contribution in [2.75, 3.05) is 19.5 Å². The zero-order chi connectivity index (χ0) is 26.0. The van der Waals surface area contributed by atoms with Crippen molar-refractivity contribution in [3.63, 3.8) is 0 Å². The molecule has 7 nitrogen and oxygen atoms in total. The van der Waals surface area contributed by atoms with Gasteiger partial charge in [-0.05, 0) is 55.8 Å². The number of esters is 1. The molecule has 0 aliphatic rings. The molecule has 7 heteroatoms. The van der Waals surface area contributed by atoms with Gasteiger partial charge in [-0.25, -0.2) is 4.79 Å². The van der Waals surface area contributed by atoms with Gasteiger partial charge in [0.1, 0.15) is 11.3 Å². The highest BCUT2D eigenvalue weighted by Gasteiger charge is 2.19. The molecule has 182 valence electrons. The van der Waals surface area contributed by atoms with Crippen molar-refractivity contribution in [2.45, 2.75) is 13.8 Å². The number of hydrogen-bond acceptors (Lipinski definition) is 6. The Hall–Kier alpha value is -4.65. The number of methoxy groups -OCH3 is 1. The minimum absolute atomic E-state index is 0.182. The Bertz CT molecular complexity index is 1580. The van der Waals surface area contributed by atoms with Crippen LogP contribution < -0.4 is 16.1 Å². The topological polar surface area (TPSA) is 97.6 Å². The minimum Gasteiger partial charge on any atom is -0.465 e. The molecule has 4 aromatic rings. The quantitative estimate of drug-likeness (QED) is 0.362. The van der Waals surface area contributed by atoms with Gasteiger partial charge in [0, 0.05) is 29.4 Å². The van der Waals surface area contributed by atoms with Crippen LogP contribution >= 0.6 is 0 Å². The second-order valence-electron chi connectivity index (χ2n) is 8.38. The summed E-state index contributed by atoms with van der Waals surface area (Å²) in [6.45, 7) is 7.76. The highest BCUT2D eigenvalue weighted by molar-refractivity contribution is 6.02. The number of benzene rings is 3. The van der Waals surface area contributed by atoms with Crippen LogP contribution in [0.4, 0.5) is 5.69 Å². The lowest BCUT2D eigenvalue weighted by molar-refractivity contribution is 0.0600. The van der Waals surface area contributed by atoms with Crippen LogP contribution in [0.1, 0.15) is 37.4 Å². The molecule has 0 aliphatic heterocycles. The van der Waals surface area contributed by atoms with Crippen molar-refractivity contribution in [1.29, 1.82) is 0 Å². The number of hydrogen-bond donors (Lipinski definition) is 2. The zero-order valence-corrected chi connectivity index (χ0v) is 20.5. The van der Waals surface area contributed by atoms with E-state index in [0.717, 1.165) is 5.56 Å². The lowest BCUT2D eigenvalue weighted by Gasteiger charge is -2.16. The highest BCUT2D eigenvalue weighted by atomic mass is 16.5. The van der Waals surface area contributed by atoms with Crippen molar-refractivity contribution in [3.8, 4) is 11.3 Å². The maximum Gasteiger partial charge on any atom is 0.337 e. The van der Waals surface area contributed by atoms with Crippen LogP contribution in [0.15, 0.2) is 76.5 Å². The number of carbonyl (C=O) groups excluding carboxylic acids is 2. The number of aryl methyl sites for hydroxylation is 1. The molecular weight excluding hydrogens is 456 g/mol. The van der Waals surface area contributed by atoms with Crippen LogP contribution in [0.2, 0.25) is 0 Å². The smallest absolute Gasteiger partial charge is 0.337 e. The fraction of sp³-hybridized carbons (Fsp3) is 0.138. The Labute approximate surface area is 208 Å². The molecule has 3 aromatic carbocycles. The van der Waals surface area contributed by atoms with Gasteiger partial charge in [0.05, 0.1) is 29.3 Å². The molecular formula is C29H26N2O5. The van der Waals surface area contributed by atoms with E-state index in [-0.39, 0.29) is 11.3 Å². The highest BCUT2D eigenvalue weighted by Crippen LogP contribution is 2.32. The summed E-state index contributed by atoms with van der Waals surface area (Å²) >= 11 is 0. The first-order valence-electron chi connectivity index (χ1n) is 11.3. The lowest BCUT2D eigenvalue weighted by Crippen LogP contribution is -2.19. The summed E-state index contributed by atoms with van der Waals surface area (Å²) in [6, 6.07) is 17.4. The van der Waals surface area contributed by atoms with Gasteiger partial charge in [-0.15, -0.1) is 0 Å². The first kappa shape index (κ1) is 24.5. The third-order valence-electron chi connectivity index (χ3n) is 5.92. The van der Waals surface area contributed by atoms with Gasteiger partial charge in [-0.2, -0.15) is 0 Å². The number of ether oxygens (including phenoxy) is 1. The van der Waals surface area contributed by atoms with E-state index in [9.17, 15) is 14.4 Å². The summed E-state index contributed by atoms with van der Waals surface area (Å²) in [5.41, 5.74) is 4.43. The first-order chi connectivity index (χ1) is 17.2. The van der Waals surface area contributed by atoms with Gasteiger partial charge < -0.3 is 19.8 Å². The van der Waals surface area contributed by atoms with Gasteiger partial charge in [-0.3, -0.25) is 9.59 Å². The van der Waals surface area contributed by atoms with Gasteiger partial charge in [-0.1, -0.05) is 30.8 Å². The second-order valence-corrected chi connectivity index (χ2v) is 8.38. The van der Waals surface area contributed by atoms with Crippen LogP contribution in [0.3, 0.4) is 0 Å². The molecule has 4 rings (SSSR count). The third-order valence-corrected chi connectivity index (χ3v) is 5.92. The Kier molecular flexibility index (Phi) is 6.74. The summed E-state index contributed by atoms with van der Waals surface area (Å²) in [6.07, 6.45) is 0. The number of carbonyl (C=O) groups is 2. The molecule has 0 saturated heterocycles. The summed E-state index contributed by atoms with van der Waals surface area (Å²) in [5, 5.41) is 6.25. The fourth-order valence-electron chi connectivity index (χ4n) is 4.10. The molecule has 0 fully saturated rings. The maximum atomic E-state index is 13.4. The van der Waals surface area contributed by atoms with Crippen LogP contribution in [0.25, 0.3) is 28.0 Å². The van der Waals surface area contributed by atoms with E-state index in [2.05, 4.69) is 17.2 Å². The predicted molar refractivity (Wildman–Crippen MR) is 141 cm³/mol. The van der Waals surface area contributed by atoms with E-state index >= 15 is 0 Å². The molecule has 0 bridgehead atoms. The predicted octanol–water partition coefficient (Wildman–Crippen LogP) is 5.31. The van der Waals surface area contributed by atoms with E-state index in [1.807, 2.05) is 19.1 Å². The summed E-state index contributed by atoms with van der Waals surface area (Å²) in [7, 11) is 2.88. The Balaban J connectivity index is 1.88. The Morgan fingerprint density at radius 2 is 1.72 bits per heavy atom. The molecule has 0 radical (unpaired) electrons. The zero-order valence-electron chi connectivity index (χ0n) is 20.5. The number of amides is 1. The van der Waals surface area contributed by atoms with Gasteiger partial charge in [0.25, 0.3) is 5.91 Å². The summed E-state index contributed by atoms with van der Waals surface area (Å²) in [4.78, 5) is 37.8. The van der Waals surface area contributed by atoms with Crippen molar-refractivity contribution in [3.05, 3.63) is 105 Å². The average molecular weight is 483 g/mol. The molecule has 0 atom stereocenters. The maximum absolute atomic E-state index is 13.4. The molecule has 2 N–H and O–H groups in total. The number of fused-ring (bicyclic) bond motifs is 1. The van der Waals surface area contributed by atoms with Crippen molar-refractivity contribution >= 4 is 34.2 Å². The number of rotatable bonds is 6. The molecule has 1 aromatic heterocycles. The Morgan fingerprint density at radius 3 is 2.44 bits per heavy atom. The van der Waals surface area contributed by atoms with Crippen LogP contribution in [-0.4, -0.2) is 26.0 Å². The largest absolute Gasteiger partial charge is 0.465 e. The van der Waals surface area contributed by atoms with E-state index in [1.165, 1.54) is 7.11 Å². The van der Waals surface area contributed by atoms with E-state index in [4.69, 9.17) is 9.15 Å². The monoisotopic (exact) mass is 482 g/mol. The average Bonchev–Trinajstić information content (AvgIpc) is 2.90. The van der Waals surface area contributed by atoms with Gasteiger partial charge in [0.15, 0.2) is 5.43 Å². The van der Waals surface area contributed by atoms with E-state index in [1.54, 1.807) is 62.5 Å². The number of nitrogens with one attached hydrogen (secondary N) is 2. The third kappa shape index (κ3) is 4.51. The Morgan fingerprint density at radius 1 is 0.972 bits per heavy atom. The molecule has 0 unspecified atom stereocenters. The second kappa shape index (κ2) is 9.92. The SMILES string of the molecule is C=C(Nc1ccccc1C(=O)NC)c1cc(C)cc2c(=O)c(C)c(-c3cccc(C(=O)OC)c3)oc12. The molecule has 36 heavy (non-hydrogen) atoms. The summed E-state index contributed by atoms with van der Waals surface area (Å²) < 4.78 is 11.2. The number of para-hydroxylation sites is 1. The van der Waals surface area contributed by atoms with Crippen molar-refractivity contribution < 1.29 is 18.7 Å². The van der Waals surface area contributed by atoms with E-state index in [0.29, 0.717) is 55.9 Å². The summed E-state index contributed by atoms with van der Waals surface area (Å²) in [5.74, 6) is -0.377. The van der Waals surface area contributed by atoms with Crippen LogP contribution in [-0.2, 0) is 4.74 Å². The number of anilines is 1. The minimum atomic E-state index is -0.485. The molecule has 1 amide bonds. The first-order valence-corrected chi connectivity index (χ1v) is 11.3. The molecule has 1 heterocycles. The van der Waals surface area contributed by atoms with Gasteiger partial charge >= 0.3 is 5.97 Å². The molecule has 0 aliphatic carbocycles. The van der Waals surface area contributed by atoms with Crippen molar-refractivity contribution in [2.24, 2.45) is 0 Å². The lowest BCUT2D eigenvalue weighted by atomic mass is 10.00. The van der Waals surface area contributed by atoms with Crippen LogP contribution in [0.5, 0.6) is 0 Å². The molecule has 0 spiro atoms. The van der Waals surface area contributed by atoms with Crippen molar-refractivity contribution in [1.82, 2.24) is 5.32 Å². The standard InChI is InChI=1S/C29H26N2O5/c1-16-13-22(18(3)31-24-12-7-6-11-21(24)28(33)30-4)27-23(14-16)25(32)17(2)26(36-27)19-9-8-10-20(15-19)29(34)35-5/h6-15,31H,3H2,1-2,4-5H3,(H,30,33). The van der Waals surface area contributed by atoms with E-state index < -0.39 is 5.97 Å². The van der Waals surface area contributed by atoms with Crippen LogP contribution in [0, 0.1) is 13.8 Å². The fourth-order valence-corrected chi connectivity index (χ4v) is 4.10. The van der Waals surface area contributed by atoms with Gasteiger partial charge in [0.2, 0.25) is 0 Å².